The summed E-state index contributed by atoms with van der Waals surface area (Å²) in [6.07, 6.45) is 1.80. The van der Waals surface area contributed by atoms with E-state index in [1.807, 2.05) is 26.8 Å². The Morgan fingerprint density at radius 1 is 1.19 bits per heavy atom. The van der Waals surface area contributed by atoms with Gasteiger partial charge in [0.2, 0.25) is 17.6 Å². The Balaban J connectivity index is 1.30. The maximum absolute atomic E-state index is 12.8. The largest absolute Gasteiger partial charge is 0.369 e. The first-order valence-electron chi connectivity index (χ1n) is 10.9. The highest BCUT2D eigenvalue weighted by molar-refractivity contribution is 5.76. The van der Waals surface area contributed by atoms with E-state index < -0.39 is 6.04 Å². The summed E-state index contributed by atoms with van der Waals surface area (Å²) >= 11 is 0. The maximum Gasteiger partial charge on any atom is 0.250 e. The van der Waals surface area contributed by atoms with Crippen molar-refractivity contribution in [2.75, 3.05) is 37.6 Å². The fourth-order valence-electron chi connectivity index (χ4n) is 3.77. The van der Waals surface area contributed by atoms with Crippen LogP contribution in [-0.4, -0.2) is 68.9 Å². The minimum atomic E-state index is -0.408. The lowest BCUT2D eigenvalue weighted by molar-refractivity contribution is -0.123. The number of carbonyl (C=O) groups excluding carboxylic acids is 1. The SMILES string of the molecule is CC(C)(C)C(NC(=O)CCN1CCN(c2ccccc2)CC1)c1nc(-c2ncn[nH]2)no1. The Labute approximate surface area is 187 Å². The summed E-state index contributed by atoms with van der Waals surface area (Å²) in [6.45, 7) is 10.6. The number of aromatic nitrogens is 5. The fraction of sp³-hybridized carbons (Fsp3) is 0.500. The monoisotopic (exact) mass is 438 g/mol. The smallest absolute Gasteiger partial charge is 0.250 e. The number of carbonyl (C=O) groups is 1. The van der Waals surface area contributed by atoms with Gasteiger partial charge in [-0.1, -0.05) is 44.1 Å². The molecule has 1 saturated heterocycles. The van der Waals surface area contributed by atoms with E-state index in [0.29, 0.717) is 24.0 Å². The Morgan fingerprint density at radius 3 is 2.59 bits per heavy atom. The van der Waals surface area contributed by atoms with Crippen molar-refractivity contribution in [2.24, 2.45) is 5.41 Å². The van der Waals surface area contributed by atoms with E-state index in [9.17, 15) is 4.79 Å². The molecule has 1 fully saturated rings. The van der Waals surface area contributed by atoms with Crippen LogP contribution in [0.3, 0.4) is 0 Å². The van der Waals surface area contributed by atoms with E-state index in [1.165, 1.54) is 12.0 Å². The zero-order valence-corrected chi connectivity index (χ0v) is 18.8. The van der Waals surface area contributed by atoms with E-state index in [-0.39, 0.29) is 11.3 Å². The van der Waals surface area contributed by atoms with Crippen LogP contribution in [0.25, 0.3) is 11.6 Å². The van der Waals surface area contributed by atoms with E-state index in [2.05, 4.69) is 64.7 Å². The van der Waals surface area contributed by atoms with Crippen molar-refractivity contribution >= 4 is 11.6 Å². The van der Waals surface area contributed by atoms with Gasteiger partial charge in [0, 0.05) is 44.8 Å². The van der Waals surface area contributed by atoms with E-state index in [0.717, 1.165) is 32.7 Å². The van der Waals surface area contributed by atoms with Crippen LogP contribution in [0.1, 0.15) is 39.1 Å². The van der Waals surface area contributed by atoms with Crippen LogP contribution >= 0.6 is 0 Å². The molecule has 1 aromatic carbocycles. The molecular formula is C22H30N8O2. The predicted molar refractivity (Wildman–Crippen MR) is 120 cm³/mol. The summed E-state index contributed by atoms with van der Waals surface area (Å²) in [5, 5.41) is 13.6. The van der Waals surface area contributed by atoms with Gasteiger partial charge in [0.05, 0.1) is 0 Å². The summed E-state index contributed by atoms with van der Waals surface area (Å²) in [7, 11) is 0. The second-order valence-electron chi connectivity index (χ2n) is 9.07. The lowest BCUT2D eigenvalue weighted by Crippen LogP contribution is -2.47. The van der Waals surface area contributed by atoms with E-state index >= 15 is 0 Å². The van der Waals surface area contributed by atoms with Crippen LogP contribution in [0, 0.1) is 5.41 Å². The molecule has 0 bridgehead atoms. The van der Waals surface area contributed by atoms with Gasteiger partial charge in [-0.05, 0) is 17.5 Å². The van der Waals surface area contributed by atoms with Crippen LogP contribution in [-0.2, 0) is 4.79 Å². The molecule has 170 valence electrons. The number of anilines is 1. The lowest BCUT2D eigenvalue weighted by atomic mass is 9.86. The first-order chi connectivity index (χ1) is 15.4. The molecular weight excluding hydrogens is 408 g/mol. The molecule has 1 aliphatic rings. The summed E-state index contributed by atoms with van der Waals surface area (Å²) in [6, 6.07) is 10.0. The van der Waals surface area contributed by atoms with Crippen LogP contribution < -0.4 is 10.2 Å². The molecule has 32 heavy (non-hydrogen) atoms. The van der Waals surface area contributed by atoms with Crippen molar-refractivity contribution in [3.8, 4) is 11.6 Å². The molecule has 0 aliphatic carbocycles. The number of H-pyrrole nitrogens is 1. The summed E-state index contributed by atoms with van der Waals surface area (Å²) in [4.78, 5) is 25.9. The maximum atomic E-state index is 12.8. The van der Waals surface area contributed by atoms with Crippen LogP contribution in [0.5, 0.6) is 0 Å². The topological polar surface area (TPSA) is 116 Å². The average molecular weight is 439 g/mol. The van der Waals surface area contributed by atoms with Crippen molar-refractivity contribution < 1.29 is 9.32 Å². The average Bonchev–Trinajstić information content (AvgIpc) is 3.48. The molecule has 1 atom stereocenters. The van der Waals surface area contributed by atoms with Crippen molar-refractivity contribution in [1.29, 1.82) is 0 Å². The molecule has 2 N–H and O–H groups in total. The number of hydrogen-bond donors (Lipinski definition) is 2. The fourth-order valence-corrected chi connectivity index (χ4v) is 3.77. The second kappa shape index (κ2) is 9.47. The van der Waals surface area contributed by atoms with Crippen LogP contribution in [0.2, 0.25) is 0 Å². The molecule has 0 radical (unpaired) electrons. The summed E-state index contributed by atoms with van der Waals surface area (Å²) in [5.74, 6) is 1.06. The quantitative estimate of drug-likeness (QED) is 0.577. The van der Waals surface area contributed by atoms with Gasteiger partial charge in [-0.2, -0.15) is 10.1 Å². The number of nitrogens with zero attached hydrogens (tertiary/aromatic N) is 6. The molecule has 1 aliphatic heterocycles. The molecule has 1 unspecified atom stereocenters. The molecule has 10 nitrogen and oxygen atoms in total. The number of aromatic amines is 1. The van der Waals surface area contributed by atoms with E-state index in [4.69, 9.17) is 4.52 Å². The Bertz CT molecular complexity index is 989. The van der Waals surface area contributed by atoms with Crippen molar-refractivity contribution in [3.05, 3.63) is 42.5 Å². The van der Waals surface area contributed by atoms with Crippen LogP contribution in [0.4, 0.5) is 5.69 Å². The Hall–Kier alpha value is -3.27. The molecule has 10 heteroatoms. The van der Waals surface area contributed by atoms with Gasteiger partial charge in [0.25, 0.3) is 0 Å². The Morgan fingerprint density at radius 2 is 1.94 bits per heavy atom. The van der Waals surface area contributed by atoms with Gasteiger partial charge in [-0.25, -0.2) is 4.98 Å². The number of piperazine rings is 1. The zero-order valence-electron chi connectivity index (χ0n) is 18.8. The first-order valence-corrected chi connectivity index (χ1v) is 10.9. The van der Waals surface area contributed by atoms with Crippen molar-refractivity contribution in [3.63, 3.8) is 0 Å². The van der Waals surface area contributed by atoms with Gasteiger partial charge in [-0.3, -0.25) is 14.8 Å². The van der Waals surface area contributed by atoms with Crippen LogP contribution in [0.15, 0.2) is 41.2 Å². The molecule has 3 heterocycles. The number of amides is 1. The highest BCUT2D eigenvalue weighted by Crippen LogP contribution is 2.32. The van der Waals surface area contributed by atoms with Gasteiger partial charge < -0.3 is 14.7 Å². The molecule has 2 aromatic heterocycles. The normalized spacial score (nSPS) is 16.2. The van der Waals surface area contributed by atoms with Crippen molar-refractivity contribution in [2.45, 2.75) is 33.2 Å². The standard InChI is InChI=1S/C22H30N8O2/c1-22(2,3)18(21-26-20(28-32-21)19-23-15-24-27-19)25-17(31)9-10-29-11-13-30(14-12-29)16-7-5-4-6-8-16/h4-8,15,18H,9-14H2,1-3H3,(H,25,31)(H,23,24,27). The van der Waals surface area contributed by atoms with Gasteiger partial charge >= 0.3 is 0 Å². The third-order valence-electron chi connectivity index (χ3n) is 5.64. The molecule has 0 saturated carbocycles. The molecule has 3 aromatic rings. The van der Waals surface area contributed by atoms with Crippen molar-refractivity contribution in [1.82, 2.24) is 35.5 Å². The van der Waals surface area contributed by atoms with Gasteiger partial charge in [0.1, 0.15) is 12.4 Å². The Kier molecular flexibility index (Phi) is 6.50. The van der Waals surface area contributed by atoms with Gasteiger partial charge in [-0.15, -0.1) is 0 Å². The second-order valence-corrected chi connectivity index (χ2v) is 9.07. The number of para-hydroxylation sites is 1. The van der Waals surface area contributed by atoms with E-state index in [1.54, 1.807) is 0 Å². The minimum absolute atomic E-state index is 0.0326. The summed E-state index contributed by atoms with van der Waals surface area (Å²) < 4.78 is 5.45. The number of benzene rings is 1. The highest BCUT2D eigenvalue weighted by Gasteiger charge is 2.33. The highest BCUT2D eigenvalue weighted by atomic mass is 16.5. The number of nitrogens with one attached hydrogen (secondary N) is 2. The minimum Gasteiger partial charge on any atom is -0.369 e. The van der Waals surface area contributed by atoms with Gasteiger partial charge in [0.15, 0.2) is 5.82 Å². The number of rotatable bonds is 7. The molecule has 0 spiro atoms. The molecule has 4 rings (SSSR count). The first kappa shape index (κ1) is 21.9. The summed E-state index contributed by atoms with van der Waals surface area (Å²) in [5.41, 5.74) is 0.949. The third-order valence-corrected chi connectivity index (χ3v) is 5.64. The lowest BCUT2D eigenvalue weighted by Gasteiger charge is -2.36. The predicted octanol–water partition coefficient (Wildman–Crippen LogP) is 2.27. The zero-order chi connectivity index (χ0) is 22.6. The number of hydrogen-bond acceptors (Lipinski definition) is 8. The molecule has 1 amide bonds. The third kappa shape index (κ3) is 5.31.